The van der Waals surface area contributed by atoms with E-state index in [4.69, 9.17) is 15.6 Å². The Kier molecular flexibility index (Phi) is 6.06. The van der Waals surface area contributed by atoms with Crippen LogP contribution in [0.5, 0.6) is 0 Å². The summed E-state index contributed by atoms with van der Waals surface area (Å²) in [5, 5.41) is 17.0. The summed E-state index contributed by atoms with van der Waals surface area (Å²) >= 11 is 0. The summed E-state index contributed by atoms with van der Waals surface area (Å²) in [5.74, 6) is -4.01. The van der Waals surface area contributed by atoms with Crippen molar-refractivity contribution in [1.29, 1.82) is 0 Å². The van der Waals surface area contributed by atoms with Gasteiger partial charge in [-0.2, -0.15) is 13.2 Å². The zero-order chi connectivity index (χ0) is 25.9. The fourth-order valence-electron chi connectivity index (χ4n) is 5.17. The average molecular weight is 499 g/mol. The maximum atomic E-state index is 15.2. The first-order chi connectivity index (χ1) is 16.2. The van der Waals surface area contributed by atoms with Gasteiger partial charge in [-0.15, -0.1) is 0 Å². The van der Waals surface area contributed by atoms with Crippen LogP contribution >= 0.6 is 0 Å². The maximum absolute atomic E-state index is 15.2. The van der Waals surface area contributed by atoms with E-state index in [9.17, 15) is 27.9 Å². The van der Waals surface area contributed by atoms with Gasteiger partial charge in [0.05, 0.1) is 11.2 Å². The lowest BCUT2D eigenvalue weighted by Crippen LogP contribution is -2.35. The highest BCUT2D eigenvalue weighted by Gasteiger charge is 2.48. The van der Waals surface area contributed by atoms with E-state index in [-0.39, 0.29) is 23.0 Å². The highest BCUT2D eigenvalue weighted by atomic mass is 19.4. The first-order valence-corrected chi connectivity index (χ1v) is 11.2. The fraction of sp³-hybridized carbons (Fsp3) is 0.522. The molecule has 5 rings (SSSR count). The minimum absolute atomic E-state index is 0.0910. The van der Waals surface area contributed by atoms with Crippen LogP contribution in [-0.2, 0) is 11.2 Å². The summed E-state index contributed by atoms with van der Waals surface area (Å²) < 4.78 is 48.5. The topological polar surface area (TPSA) is 126 Å². The van der Waals surface area contributed by atoms with Crippen molar-refractivity contribution < 1.29 is 37.4 Å². The van der Waals surface area contributed by atoms with E-state index in [2.05, 4.69) is 4.90 Å². The van der Waals surface area contributed by atoms with Gasteiger partial charge in [-0.05, 0) is 57.1 Å². The minimum Gasteiger partial charge on any atom is -0.477 e. The number of alkyl halides is 3. The van der Waals surface area contributed by atoms with E-state index in [1.54, 1.807) is 4.57 Å². The number of nitrogens with two attached hydrogens (primary N) is 1. The van der Waals surface area contributed by atoms with Gasteiger partial charge in [-0.1, -0.05) is 0 Å². The van der Waals surface area contributed by atoms with Gasteiger partial charge in [0.15, 0.2) is 0 Å². The van der Waals surface area contributed by atoms with E-state index < -0.39 is 23.7 Å². The number of pyridine rings is 1. The molecule has 1 saturated carbocycles. The van der Waals surface area contributed by atoms with Crippen LogP contribution in [0, 0.1) is 11.7 Å². The Morgan fingerprint density at radius 3 is 2.34 bits per heavy atom. The molecule has 1 aliphatic carbocycles. The number of aliphatic carboxylic acids is 1. The third kappa shape index (κ3) is 4.46. The Hall–Kier alpha value is -3.15. The van der Waals surface area contributed by atoms with Crippen LogP contribution < -0.4 is 16.2 Å². The second-order valence-corrected chi connectivity index (χ2v) is 9.52. The number of hydrogen-bond acceptors (Lipinski definition) is 5. The summed E-state index contributed by atoms with van der Waals surface area (Å²) in [6.07, 6.45) is -0.707. The van der Waals surface area contributed by atoms with E-state index in [0.717, 1.165) is 37.9 Å². The number of anilines is 1. The van der Waals surface area contributed by atoms with E-state index in [1.165, 1.54) is 12.1 Å². The lowest BCUT2D eigenvalue weighted by Gasteiger charge is -2.31. The molecule has 4 N–H and O–H groups in total. The number of rotatable bonds is 3. The smallest absolute Gasteiger partial charge is 0.477 e. The number of carboxylic acid groups (broad SMARTS) is 2. The maximum Gasteiger partial charge on any atom is 0.490 e. The molecule has 1 aromatic carbocycles. The third-order valence-corrected chi connectivity index (χ3v) is 7.21. The quantitative estimate of drug-likeness (QED) is 0.554. The molecule has 2 aromatic rings. The molecule has 3 heterocycles. The van der Waals surface area contributed by atoms with Crippen LogP contribution in [-0.4, -0.2) is 51.5 Å². The van der Waals surface area contributed by atoms with Gasteiger partial charge in [0.2, 0.25) is 0 Å². The lowest BCUT2D eigenvalue weighted by molar-refractivity contribution is -0.192. The lowest BCUT2D eigenvalue weighted by atomic mass is 9.93. The summed E-state index contributed by atoms with van der Waals surface area (Å²) in [7, 11) is 0. The number of hydrogen-bond donors (Lipinski definition) is 3. The van der Waals surface area contributed by atoms with Crippen molar-refractivity contribution >= 4 is 28.5 Å². The normalized spacial score (nSPS) is 22.5. The molecule has 35 heavy (non-hydrogen) atoms. The Labute approximate surface area is 196 Å². The number of nitrogens with zero attached hydrogens (tertiary/aromatic N) is 2. The standard InChI is InChI=1S/C21H24FN3O3.C2HF3O2/c1-11-2-3-14-17-12(8-15(20(27)28)19(26)25(11)17)9-16(22)18(14)24-7-4-13(10-24)21(23)5-6-21;3-2(4,5)1(6)7/h8-9,11,13H,2-7,10,23H2,1H3,(H,27,28);(H,6,7)/t11?,13-;/m1./s1. The Balaban J connectivity index is 0.000000364. The molecule has 0 amide bonds. The Morgan fingerprint density at radius 1 is 1.17 bits per heavy atom. The van der Waals surface area contributed by atoms with Gasteiger partial charge >= 0.3 is 18.1 Å². The minimum atomic E-state index is -5.08. The Bertz CT molecular complexity index is 1270. The van der Waals surface area contributed by atoms with Gasteiger partial charge < -0.3 is 25.4 Å². The summed E-state index contributed by atoms with van der Waals surface area (Å²) in [6.45, 7) is 3.40. The molecule has 1 saturated heterocycles. The van der Waals surface area contributed by atoms with Crippen LogP contribution in [0.4, 0.5) is 23.2 Å². The molecule has 1 unspecified atom stereocenters. The number of halogens is 4. The van der Waals surface area contributed by atoms with Crippen molar-refractivity contribution in [3.8, 4) is 0 Å². The van der Waals surface area contributed by atoms with Crippen molar-refractivity contribution in [2.24, 2.45) is 11.7 Å². The van der Waals surface area contributed by atoms with Crippen LogP contribution in [0.25, 0.3) is 10.9 Å². The van der Waals surface area contributed by atoms with Crippen molar-refractivity contribution in [3.05, 3.63) is 39.4 Å². The highest BCUT2D eigenvalue weighted by Crippen LogP contribution is 2.46. The second-order valence-electron chi connectivity index (χ2n) is 9.52. The molecule has 190 valence electrons. The number of aryl methyl sites for hydroxylation is 1. The third-order valence-electron chi connectivity index (χ3n) is 7.21. The summed E-state index contributed by atoms with van der Waals surface area (Å²) in [5.41, 5.74) is 7.56. The molecule has 2 fully saturated rings. The number of benzene rings is 1. The zero-order valence-corrected chi connectivity index (χ0v) is 18.9. The van der Waals surface area contributed by atoms with Crippen molar-refractivity contribution in [1.82, 2.24) is 4.57 Å². The molecular formula is C23H25F4N3O5. The van der Waals surface area contributed by atoms with Crippen LogP contribution in [0.15, 0.2) is 16.9 Å². The zero-order valence-electron chi connectivity index (χ0n) is 18.9. The molecule has 3 aliphatic rings. The van der Waals surface area contributed by atoms with Gasteiger partial charge in [-0.3, -0.25) is 4.79 Å². The first kappa shape index (κ1) is 25.0. The van der Waals surface area contributed by atoms with Crippen molar-refractivity contribution in [3.63, 3.8) is 0 Å². The molecule has 1 aromatic heterocycles. The molecule has 0 radical (unpaired) electrons. The predicted octanol–water partition coefficient (Wildman–Crippen LogP) is 3.30. The average Bonchev–Trinajstić information content (AvgIpc) is 3.31. The van der Waals surface area contributed by atoms with Crippen molar-refractivity contribution in [2.45, 2.75) is 56.8 Å². The second kappa shape index (κ2) is 8.51. The van der Waals surface area contributed by atoms with Gasteiger partial charge in [-0.25, -0.2) is 14.0 Å². The molecule has 2 atom stereocenters. The van der Waals surface area contributed by atoms with E-state index >= 15 is 4.39 Å². The monoisotopic (exact) mass is 499 g/mol. The van der Waals surface area contributed by atoms with E-state index in [1.807, 2.05) is 6.92 Å². The number of carboxylic acids is 2. The van der Waals surface area contributed by atoms with Crippen LogP contribution in [0.1, 0.15) is 54.6 Å². The summed E-state index contributed by atoms with van der Waals surface area (Å²) in [4.78, 5) is 35.3. The molecule has 0 spiro atoms. The molecular weight excluding hydrogens is 474 g/mol. The van der Waals surface area contributed by atoms with E-state index in [0.29, 0.717) is 35.3 Å². The number of carbonyl (C=O) groups is 2. The largest absolute Gasteiger partial charge is 0.490 e. The molecule has 2 aliphatic heterocycles. The van der Waals surface area contributed by atoms with Crippen molar-refractivity contribution in [2.75, 3.05) is 18.0 Å². The number of aromatic nitrogens is 1. The molecule has 0 bridgehead atoms. The SMILES string of the molecule is CC1CCc2c(N3CC[C@@H](C4(N)CC4)C3)c(F)cc3cc(C(=O)O)c(=O)n1c23.O=C(O)C(F)(F)F. The highest BCUT2D eigenvalue weighted by molar-refractivity contribution is 5.95. The molecule has 8 nitrogen and oxygen atoms in total. The predicted molar refractivity (Wildman–Crippen MR) is 118 cm³/mol. The summed E-state index contributed by atoms with van der Waals surface area (Å²) in [6, 6.07) is 2.58. The van der Waals surface area contributed by atoms with Crippen LogP contribution in [0.3, 0.4) is 0 Å². The van der Waals surface area contributed by atoms with Crippen LogP contribution in [0.2, 0.25) is 0 Å². The van der Waals surface area contributed by atoms with Gasteiger partial charge in [0.1, 0.15) is 11.4 Å². The van der Waals surface area contributed by atoms with Gasteiger partial charge in [0.25, 0.3) is 5.56 Å². The fourth-order valence-corrected chi connectivity index (χ4v) is 5.17. The molecule has 12 heteroatoms. The number of aromatic carboxylic acids is 1. The first-order valence-electron chi connectivity index (χ1n) is 11.2. The Morgan fingerprint density at radius 2 is 1.80 bits per heavy atom. The van der Waals surface area contributed by atoms with Gasteiger partial charge in [0, 0.05) is 35.6 Å².